The van der Waals surface area contributed by atoms with Crippen molar-refractivity contribution in [1.82, 2.24) is 4.98 Å². The number of unbranched alkanes of at least 4 members (excludes halogenated alkanes) is 2. The summed E-state index contributed by atoms with van der Waals surface area (Å²) in [7, 11) is 0. The van der Waals surface area contributed by atoms with E-state index in [0.29, 0.717) is 5.56 Å². The molecule has 0 fully saturated rings. The molecule has 1 atom stereocenters. The molecule has 2 nitrogen and oxygen atoms in total. The highest BCUT2D eigenvalue weighted by Gasteiger charge is 2.10. The topological polar surface area (TPSA) is 32.9 Å². The quantitative estimate of drug-likeness (QED) is 0.745. The van der Waals surface area contributed by atoms with Gasteiger partial charge in [-0.25, -0.2) is 4.39 Å². The van der Waals surface area contributed by atoms with Crippen molar-refractivity contribution < 1.29 is 4.39 Å². The van der Waals surface area contributed by atoms with Gasteiger partial charge >= 0.3 is 0 Å². The number of rotatable bonds is 5. The van der Waals surface area contributed by atoms with Gasteiger partial charge in [-0.2, -0.15) is 0 Å². The van der Waals surface area contributed by atoms with E-state index < -0.39 is 0 Å². The normalized spacial score (nSPS) is 12.7. The summed E-state index contributed by atoms with van der Waals surface area (Å²) in [4.78, 5) is 13.8. The van der Waals surface area contributed by atoms with E-state index in [2.05, 4.69) is 11.9 Å². The number of halogens is 1. The zero-order chi connectivity index (χ0) is 11.3. The van der Waals surface area contributed by atoms with Crippen molar-refractivity contribution in [2.75, 3.05) is 0 Å². The van der Waals surface area contributed by atoms with Gasteiger partial charge in [0.05, 0.1) is 0 Å². The van der Waals surface area contributed by atoms with Gasteiger partial charge in [0.15, 0.2) is 0 Å². The maximum atomic E-state index is 12.9. The fraction of sp³-hybridized carbons (Fsp3) is 0.583. The second-order valence-corrected chi connectivity index (χ2v) is 4.00. The van der Waals surface area contributed by atoms with Gasteiger partial charge in [0.25, 0.3) is 5.56 Å². The molecule has 0 amide bonds. The molecule has 1 rings (SSSR count). The van der Waals surface area contributed by atoms with Gasteiger partial charge in [0, 0.05) is 11.8 Å². The minimum Gasteiger partial charge on any atom is -0.326 e. The maximum Gasteiger partial charge on any atom is 0.251 e. The Morgan fingerprint density at radius 2 is 2.20 bits per heavy atom. The Morgan fingerprint density at radius 3 is 2.87 bits per heavy atom. The molecule has 0 unspecified atom stereocenters. The standard InChI is InChI=1S/C12H18FNO/c1-3-4-5-6-9(2)11-7-10(13)8-14-12(11)15/h7-9H,3-6H2,1-2H3,(H,14,15)/t9-/m1/s1. The lowest BCUT2D eigenvalue weighted by atomic mass is 9.96. The molecule has 0 saturated carbocycles. The van der Waals surface area contributed by atoms with E-state index in [4.69, 9.17) is 0 Å². The predicted octanol–water partition coefficient (Wildman–Crippen LogP) is 3.20. The molecule has 0 aromatic carbocycles. The van der Waals surface area contributed by atoms with E-state index in [-0.39, 0.29) is 17.3 Å². The summed E-state index contributed by atoms with van der Waals surface area (Å²) in [5.74, 6) is -0.233. The second-order valence-electron chi connectivity index (χ2n) is 4.00. The third kappa shape index (κ3) is 3.50. The van der Waals surface area contributed by atoms with Crippen LogP contribution in [-0.4, -0.2) is 4.98 Å². The molecule has 15 heavy (non-hydrogen) atoms. The third-order valence-corrected chi connectivity index (χ3v) is 2.67. The second kappa shape index (κ2) is 5.69. The average Bonchev–Trinajstić information content (AvgIpc) is 2.22. The van der Waals surface area contributed by atoms with Crippen LogP contribution in [-0.2, 0) is 0 Å². The number of nitrogens with one attached hydrogen (secondary N) is 1. The molecule has 1 heterocycles. The van der Waals surface area contributed by atoms with Gasteiger partial charge in [0.2, 0.25) is 0 Å². The summed E-state index contributed by atoms with van der Waals surface area (Å²) in [6.07, 6.45) is 5.46. The lowest BCUT2D eigenvalue weighted by molar-refractivity contribution is 0.578. The predicted molar refractivity (Wildman–Crippen MR) is 59.6 cm³/mol. The van der Waals surface area contributed by atoms with E-state index in [1.54, 1.807) is 0 Å². The first-order chi connectivity index (χ1) is 7.15. The van der Waals surface area contributed by atoms with Crippen LogP contribution >= 0.6 is 0 Å². The van der Waals surface area contributed by atoms with Gasteiger partial charge in [-0.15, -0.1) is 0 Å². The highest BCUT2D eigenvalue weighted by molar-refractivity contribution is 5.15. The van der Waals surface area contributed by atoms with Gasteiger partial charge in [0.1, 0.15) is 5.82 Å². The number of pyridine rings is 1. The zero-order valence-corrected chi connectivity index (χ0v) is 9.35. The Balaban J connectivity index is 2.68. The highest BCUT2D eigenvalue weighted by atomic mass is 19.1. The van der Waals surface area contributed by atoms with Crippen LogP contribution in [0.15, 0.2) is 17.1 Å². The number of aromatic amines is 1. The summed E-state index contributed by atoms with van der Waals surface area (Å²) < 4.78 is 12.9. The first-order valence-corrected chi connectivity index (χ1v) is 5.53. The molecule has 3 heteroatoms. The monoisotopic (exact) mass is 211 g/mol. The summed E-state index contributed by atoms with van der Waals surface area (Å²) in [6.45, 7) is 4.11. The molecule has 1 aromatic rings. The Hall–Kier alpha value is -1.12. The third-order valence-electron chi connectivity index (χ3n) is 2.67. The van der Waals surface area contributed by atoms with Gasteiger partial charge in [-0.05, 0) is 18.4 Å². The van der Waals surface area contributed by atoms with Crippen molar-refractivity contribution in [3.8, 4) is 0 Å². The molecule has 0 bridgehead atoms. The molecule has 0 radical (unpaired) electrons. The average molecular weight is 211 g/mol. The molecule has 84 valence electrons. The van der Waals surface area contributed by atoms with Crippen LogP contribution in [0.3, 0.4) is 0 Å². The van der Waals surface area contributed by atoms with Crippen LogP contribution in [0.5, 0.6) is 0 Å². The van der Waals surface area contributed by atoms with Gasteiger partial charge < -0.3 is 4.98 Å². The van der Waals surface area contributed by atoms with E-state index in [0.717, 1.165) is 31.9 Å². The van der Waals surface area contributed by atoms with E-state index in [1.165, 1.54) is 6.07 Å². The number of hydrogen-bond acceptors (Lipinski definition) is 1. The van der Waals surface area contributed by atoms with Crippen molar-refractivity contribution >= 4 is 0 Å². The largest absolute Gasteiger partial charge is 0.326 e. The molecular weight excluding hydrogens is 193 g/mol. The number of hydrogen-bond donors (Lipinski definition) is 1. The van der Waals surface area contributed by atoms with Crippen molar-refractivity contribution in [2.24, 2.45) is 0 Å². The first kappa shape index (κ1) is 12.0. The fourth-order valence-electron chi connectivity index (χ4n) is 1.70. The van der Waals surface area contributed by atoms with Gasteiger partial charge in [-0.3, -0.25) is 4.79 Å². The van der Waals surface area contributed by atoms with Crippen LogP contribution in [0.2, 0.25) is 0 Å². The van der Waals surface area contributed by atoms with Crippen molar-refractivity contribution in [1.29, 1.82) is 0 Å². The fourth-order valence-corrected chi connectivity index (χ4v) is 1.70. The minimum absolute atomic E-state index is 0.135. The van der Waals surface area contributed by atoms with Crippen LogP contribution in [0.25, 0.3) is 0 Å². The summed E-state index contributed by atoms with van der Waals surface area (Å²) in [5, 5.41) is 0. The van der Waals surface area contributed by atoms with E-state index in [9.17, 15) is 9.18 Å². The van der Waals surface area contributed by atoms with Crippen molar-refractivity contribution in [3.05, 3.63) is 34.0 Å². The molecule has 1 N–H and O–H groups in total. The molecule has 0 spiro atoms. The lowest BCUT2D eigenvalue weighted by Crippen LogP contribution is -2.15. The van der Waals surface area contributed by atoms with Crippen LogP contribution in [0, 0.1) is 5.82 Å². The highest BCUT2D eigenvalue weighted by Crippen LogP contribution is 2.19. The van der Waals surface area contributed by atoms with Crippen molar-refractivity contribution in [3.63, 3.8) is 0 Å². The van der Waals surface area contributed by atoms with E-state index >= 15 is 0 Å². The molecule has 1 aromatic heterocycles. The number of aromatic nitrogens is 1. The van der Waals surface area contributed by atoms with Crippen LogP contribution in [0.4, 0.5) is 4.39 Å². The summed E-state index contributed by atoms with van der Waals surface area (Å²) in [5.41, 5.74) is 0.395. The molecule has 0 saturated heterocycles. The number of H-pyrrole nitrogens is 1. The Morgan fingerprint density at radius 1 is 1.47 bits per heavy atom. The lowest BCUT2D eigenvalue weighted by Gasteiger charge is -2.10. The van der Waals surface area contributed by atoms with Crippen LogP contribution < -0.4 is 5.56 Å². The zero-order valence-electron chi connectivity index (χ0n) is 9.35. The summed E-state index contributed by atoms with van der Waals surface area (Å²) in [6, 6.07) is 1.34. The Kier molecular flexibility index (Phi) is 4.53. The molecular formula is C12H18FNO. The van der Waals surface area contributed by atoms with Gasteiger partial charge in [-0.1, -0.05) is 33.1 Å². The Bertz CT molecular complexity index is 359. The van der Waals surface area contributed by atoms with Crippen molar-refractivity contribution in [2.45, 2.75) is 45.4 Å². The molecule has 0 aliphatic rings. The SMILES string of the molecule is CCCCC[C@@H](C)c1cc(F)c[nH]c1=O. The van der Waals surface area contributed by atoms with Crippen LogP contribution in [0.1, 0.15) is 51.0 Å². The maximum absolute atomic E-state index is 12.9. The smallest absolute Gasteiger partial charge is 0.251 e. The Labute approximate surface area is 89.5 Å². The first-order valence-electron chi connectivity index (χ1n) is 5.53. The summed E-state index contributed by atoms with van der Waals surface area (Å²) >= 11 is 0. The minimum atomic E-state index is -0.369. The molecule has 0 aliphatic carbocycles. The van der Waals surface area contributed by atoms with E-state index in [1.807, 2.05) is 6.92 Å². The molecule has 0 aliphatic heterocycles.